The number of hydrogen-bond acceptors (Lipinski definition) is 5. The Labute approximate surface area is 203 Å². The lowest BCUT2D eigenvalue weighted by Crippen LogP contribution is -2.29. The molecule has 3 aromatic rings. The molecule has 0 saturated carbocycles. The number of fused-ring (bicyclic) bond motifs is 1. The van der Waals surface area contributed by atoms with Gasteiger partial charge >= 0.3 is 0 Å². The molecule has 0 unspecified atom stereocenters. The molecule has 1 aromatic heterocycles. The Kier molecular flexibility index (Phi) is 7.24. The van der Waals surface area contributed by atoms with Crippen LogP contribution in [0.4, 0.5) is 5.00 Å². The van der Waals surface area contributed by atoms with Crippen molar-refractivity contribution in [3.63, 3.8) is 0 Å². The monoisotopic (exact) mass is 557 g/mol. The van der Waals surface area contributed by atoms with E-state index in [0.717, 1.165) is 56.9 Å². The molecule has 0 atom stereocenters. The van der Waals surface area contributed by atoms with E-state index in [0.29, 0.717) is 12.2 Å². The van der Waals surface area contributed by atoms with Gasteiger partial charge in [0.2, 0.25) is 0 Å². The van der Waals surface area contributed by atoms with Crippen LogP contribution in [0.3, 0.4) is 0 Å². The lowest BCUT2D eigenvalue weighted by molar-refractivity contribution is 0.249. The van der Waals surface area contributed by atoms with Gasteiger partial charge in [-0.25, -0.2) is 4.99 Å². The highest BCUT2D eigenvalue weighted by molar-refractivity contribution is 9.11. The Morgan fingerprint density at radius 2 is 2.06 bits per heavy atom. The van der Waals surface area contributed by atoms with Crippen LogP contribution < -0.4 is 4.74 Å². The first-order valence-electron chi connectivity index (χ1n) is 10.1. The van der Waals surface area contributed by atoms with Crippen molar-refractivity contribution in [2.75, 3.05) is 13.2 Å². The molecule has 0 saturated heterocycles. The third-order valence-electron chi connectivity index (χ3n) is 5.12. The fourth-order valence-corrected chi connectivity index (χ4v) is 6.28. The molecule has 0 N–H and O–H groups in total. The maximum atomic E-state index is 9.82. The molecule has 0 spiro atoms. The molecule has 4 nitrogen and oxygen atoms in total. The number of ether oxygens (including phenoxy) is 1. The average molecular weight is 559 g/mol. The molecule has 0 radical (unpaired) electrons. The van der Waals surface area contributed by atoms with Crippen LogP contribution in [0.15, 0.2) is 56.4 Å². The summed E-state index contributed by atoms with van der Waals surface area (Å²) in [6.45, 7) is 5.24. The number of aliphatic imine (C=N–C) groups is 1. The minimum Gasteiger partial charge on any atom is -0.492 e. The van der Waals surface area contributed by atoms with E-state index in [1.165, 1.54) is 10.4 Å². The van der Waals surface area contributed by atoms with Crippen molar-refractivity contribution in [3.05, 3.63) is 78.5 Å². The third-order valence-corrected chi connectivity index (χ3v) is 7.30. The molecular weight excluding hydrogens is 538 g/mol. The zero-order chi connectivity index (χ0) is 21.8. The summed E-state index contributed by atoms with van der Waals surface area (Å²) in [5, 5.41) is 10.6. The van der Waals surface area contributed by atoms with Gasteiger partial charge in [-0.1, -0.05) is 46.3 Å². The van der Waals surface area contributed by atoms with Crippen LogP contribution in [-0.2, 0) is 19.5 Å². The van der Waals surface area contributed by atoms with Gasteiger partial charge in [0.05, 0.1) is 16.6 Å². The number of rotatable bonds is 6. The number of thiophene rings is 1. The minimum absolute atomic E-state index is 0.565. The molecule has 2 aromatic carbocycles. The van der Waals surface area contributed by atoms with E-state index < -0.39 is 0 Å². The fraction of sp³-hybridized carbons (Fsp3) is 0.250. The van der Waals surface area contributed by atoms with E-state index in [2.05, 4.69) is 67.1 Å². The lowest BCUT2D eigenvalue weighted by Gasteiger charge is -2.26. The standard InChI is InChI=1S/C24H21Br2N3OS/c1-2-30-23-17(10-18(25)11-21(23)26)13-28-24-20(12-27)19-8-9-29(15-22(19)31-24)14-16-6-4-3-5-7-16/h3-7,10-11,13H,2,8-9,14-15H2,1H3. The van der Waals surface area contributed by atoms with Gasteiger partial charge in [-0.15, -0.1) is 11.3 Å². The summed E-state index contributed by atoms with van der Waals surface area (Å²) in [7, 11) is 0. The topological polar surface area (TPSA) is 48.6 Å². The quantitative estimate of drug-likeness (QED) is 0.311. The molecule has 0 bridgehead atoms. The second-order valence-corrected chi connectivity index (χ2v) is 10.1. The van der Waals surface area contributed by atoms with E-state index >= 15 is 0 Å². The van der Waals surface area contributed by atoms with Gasteiger partial charge in [-0.3, -0.25) is 4.90 Å². The molecule has 0 amide bonds. The highest BCUT2D eigenvalue weighted by Crippen LogP contribution is 2.39. The Morgan fingerprint density at radius 3 is 2.81 bits per heavy atom. The van der Waals surface area contributed by atoms with Gasteiger partial charge in [-0.05, 0) is 52.5 Å². The fourth-order valence-electron chi connectivity index (χ4n) is 3.73. The molecule has 158 valence electrons. The van der Waals surface area contributed by atoms with Crippen LogP contribution in [0.5, 0.6) is 5.75 Å². The molecule has 0 aliphatic carbocycles. The lowest BCUT2D eigenvalue weighted by atomic mass is 10.0. The SMILES string of the molecule is CCOc1c(Br)cc(Br)cc1C=Nc1sc2c(c1C#N)CCN(Cc1ccccc1)C2. The third kappa shape index (κ3) is 5.09. The molecule has 0 fully saturated rings. The zero-order valence-electron chi connectivity index (χ0n) is 17.1. The first-order chi connectivity index (χ1) is 15.1. The number of nitriles is 1. The van der Waals surface area contributed by atoms with Crippen LogP contribution in [0.25, 0.3) is 0 Å². The maximum Gasteiger partial charge on any atom is 0.142 e. The smallest absolute Gasteiger partial charge is 0.142 e. The van der Waals surface area contributed by atoms with Crippen molar-refractivity contribution < 1.29 is 4.74 Å². The van der Waals surface area contributed by atoms with Gasteiger partial charge < -0.3 is 4.74 Å². The van der Waals surface area contributed by atoms with Crippen LogP contribution >= 0.6 is 43.2 Å². The number of benzene rings is 2. The summed E-state index contributed by atoms with van der Waals surface area (Å²) in [4.78, 5) is 8.39. The molecule has 2 heterocycles. The summed E-state index contributed by atoms with van der Waals surface area (Å²) < 4.78 is 7.60. The van der Waals surface area contributed by atoms with Crippen molar-refractivity contribution in [1.82, 2.24) is 4.90 Å². The Balaban J connectivity index is 1.60. The van der Waals surface area contributed by atoms with Gasteiger partial charge in [0.1, 0.15) is 16.8 Å². The number of hydrogen-bond donors (Lipinski definition) is 0. The van der Waals surface area contributed by atoms with Gasteiger partial charge in [-0.2, -0.15) is 5.26 Å². The predicted molar refractivity (Wildman–Crippen MR) is 134 cm³/mol. The van der Waals surface area contributed by atoms with Gasteiger partial charge in [0, 0.05) is 40.8 Å². The molecule has 4 rings (SSSR count). The number of halogens is 2. The Morgan fingerprint density at radius 1 is 1.26 bits per heavy atom. The predicted octanol–water partition coefficient (Wildman–Crippen LogP) is 6.85. The second-order valence-electron chi connectivity index (χ2n) is 7.24. The van der Waals surface area contributed by atoms with Crippen LogP contribution in [0, 0.1) is 11.3 Å². The van der Waals surface area contributed by atoms with Gasteiger partial charge in [0.25, 0.3) is 0 Å². The average Bonchev–Trinajstić information content (AvgIpc) is 3.11. The van der Waals surface area contributed by atoms with Crippen LogP contribution in [-0.4, -0.2) is 24.3 Å². The Hall–Kier alpha value is -1.98. The summed E-state index contributed by atoms with van der Waals surface area (Å²) in [6, 6.07) is 16.8. The first kappa shape index (κ1) is 22.2. The van der Waals surface area contributed by atoms with E-state index in [1.54, 1.807) is 17.6 Å². The summed E-state index contributed by atoms with van der Waals surface area (Å²) in [6.07, 6.45) is 2.67. The molecule has 1 aliphatic heterocycles. The zero-order valence-corrected chi connectivity index (χ0v) is 21.1. The van der Waals surface area contributed by atoms with Crippen molar-refractivity contribution in [1.29, 1.82) is 5.26 Å². The van der Waals surface area contributed by atoms with Crippen molar-refractivity contribution in [3.8, 4) is 11.8 Å². The summed E-state index contributed by atoms with van der Waals surface area (Å²) >= 11 is 8.71. The first-order valence-corrected chi connectivity index (χ1v) is 12.5. The maximum absolute atomic E-state index is 9.82. The van der Waals surface area contributed by atoms with Crippen molar-refractivity contribution in [2.24, 2.45) is 4.99 Å². The second kappa shape index (κ2) is 10.1. The van der Waals surface area contributed by atoms with E-state index in [4.69, 9.17) is 9.73 Å². The van der Waals surface area contributed by atoms with Crippen molar-refractivity contribution >= 4 is 54.4 Å². The summed E-state index contributed by atoms with van der Waals surface area (Å²) in [5.41, 5.74) is 4.04. The van der Waals surface area contributed by atoms with Gasteiger partial charge in [0.15, 0.2) is 0 Å². The van der Waals surface area contributed by atoms with Crippen molar-refractivity contribution in [2.45, 2.75) is 26.4 Å². The normalized spacial score (nSPS) is 13.9. The molecule has 1 aliphatic rings. The molecule has 7 heteroatoms. The molecule has 31 heavy (non-hydrogen) atoms. The largest absolute Gasteiger partial charge is 0.492 e. The summed E-state index contributed by atoms with van der Waals surface area (Å²) in [5.74, 6) is 0.753. The van der Waals surface area contributed by atoms with E-state index in [9.17, 15) is 5.26 Å². The van der Waals surface area contributed by atoms with E-state index in [-0.39, 0.29) is 0 Å². The number of nitrogens with zero attached hydrogens (tertiary/aromatic N) is 3. The van der Waals surface area contributed by atoms with Crippen LogP contribution in [0.1, 0.15) is 34.1 Å². The highest BCUT2D eigenvalue weighted by atomic mass is 79.9. The van der Waals surface area contributed by atoms with Crippen LogP contribution in [0.2, 0.25) is 0 Å². The molecular formula is C24H21Br2N3OS. The highest BCUT2D eigenvalue weighted by Gasteiger charge is 2.24. The Bertz CT molecular complexity index is 1150. The van der Waals surface area contributed by atoms with E-state index in [1.807, 2.05) is 25.1 Å². The minimum atomic E-state index is 0.565.